The number of aryl methyl sites for hydroxylation is 1. The van der Waals surface area contributed by atoms with Gasteiger partial charge in [0, 0.05) is 25.3 Å². The molecule has 0 fully saturated rings. The van der Waals surface area contributed by atoms with Crippen LogP contribution < -0.4 is 5.32 Å². The standard InChI is InChI=1S/C12H21N3/c1-10(2)6-8-15-12(5-7-14-15)9-13-11(3)4/h5,7,11,13H,1,6,8-9H2,2-4H3. The van der Waals surface area contributed by atoms with Gasteiger partial charge < -0.3 is 5.32 Å². The van der Waals surface area contributed by atoms with Crippen molar-refractivity contribution in [3.8, 4) is 0 Å². The van der Waals surface area contributed by atoms with E-state index in [1.54, 1.807) is 0 Å². The summed E-state index contributed by atoms with van der Waals surface area (Å²) in [4.78, 5) is 0. The molecule has 0 saturated carbocycles. The lowest BCUT2D eigenvalue weighted by Gasteiger charge is -2.10. The molecule has 3 heteroatoms. The third-order valence-electron chi connectivity index (χ3n) is 2.25. The van der Waals surface area contributed by atoms with E-state index in [-0.39, 0.29) is 0 Å². The molecule has 0 unspecified atom stereocenters. The molecule has 1 heterocycles. The molecule has 0 radical (unpaired) electrons. The molecule has 0 aliphatic rings. The first-order valence-corrected chi connectivity index (χ1v) is 5.48. The first-order chi connectivity index (χ1) is 7.09. The molecule has 0 aromatic carbocycles. The predicted octanol–water partition coefficient (Wildman–Crippen LogP) is 2.35. The SMILES string of the molecule is C=C(C)CCn1nccc1CNC(C)C. The third-order valence-corrected chi connectivity index (χ3v) is 2.25. The topological polar surface area (TPSA) is 29.9 Å². The van der Waals surface area contributed by atoms with Crippen molar-refractivity contribution in [2.24, 2.45) is 0 Å². The van der Waals surface area contributed by atoms with E-state index in [1.165, 1.54) is 11.3 Å². The van der Waals surface area contributed by atoms with Crippen molar-refractivity contribution in [3.63, 3.8) is 0 Å². The summed E-state index contributed by atoms with van der Waals surface area (Å²) in [6, 6.07) is 2.57. The van der Waals surface area contributed by atoms with Gasteiger partial charge in [0.05, 0.1) is 5.69 Å². The molecule has 1 N–H and O–H groups in total. The van der Waals surface area contributed by atoms with Crippen LogP contribution >= 0.6 is 0 Å². The molecule has 0 aliphatic heterocycles. The van der Waals surface area contributed by atoms with Gasteiger partial charge in [-0.2, -0.15) is 5.10 Å². The third kappa shape index (κ3) is 4.30. The molecule has 1 aromatic heterocycles. The minimum Gasteiger partial charge on any atom is -0.309 e. The first kappa shape index (κ1) is 12.0. The van der Waals surface area contributed by atoms with E-state index in [1.807, 2.05) is 10.9 Å². The molecular formula is C12H21N3. The summed E-state index contributed by atoms with van der Waals surface area (Å²) in [6.45, 7) is 12.1. The highest BCUT2D eigenvalue weighted by Crippen LogP contribution is 2.04. The van der Waals surface area contributed by atoms with Crippen LogP contribution in [0, 0.1) is 0 Å². The van der Waals surface area contributed by atoms with Gasteiger partial charge in [-0.1, -0.05) is 19.4 Å². The number of hydrogen-bond acceptors (Lipinski definition) is 2. The average molecular weight is 207 g/mol. The largest absolute Gasteiger partial charge is 0.309 e. The molecule has 1 rings (SSSR count). The van der Waals surface area contributed by atoms with Crippen LogP contribution in [0.3, 0.4) is 0 Å². The molecule has 15 heavy (non-hydrogen) atoms. The van der Waals surface area contributed by atoms with Crippen LogP contribution in [0.2, 0.25) is 0 Å². The Morgan fingerprint density at radius 1 is 1.60 bits per heavy atom. The highest BCUT2D eigenvalue weighted by molar-refractivity contribution is 5.01. The molecule has 0 amide bonds. The van der Waals surface area contributed by atoms with Crippen molar-refractivity contribution in [1.82, 2.24) is 15.1 Å². The lowest BCUT2D eigenvalue weighted by Crippen LogP contribution is -2.23. The van der Waals surface area contributed by atoms with Crippen molar-refractivity contribution in [2.45, 2.75) is 46.3 Å². The maximum Gasteiger partial charge on any atom is 0.0522 e. The number of nitrogens with zero attached hydrogens (tertiary/aromatic N) is 2. The molecule has 0 saturated heterocycles. The van der Waals surface area contributed by atoms with E-state index < -0.39 is 0 Å². The highest BCUT2D eigenvalue weighted by Gasteiger charge is 2.02. The molecule has 84 valence electrons. The van der Waals surface area contributed by atoms with E-state index in [2.05, 4.69) is 43.8 Å². The van der Waals surface area contributed by atoms with Gasteiger partial charge in [-0.25, -0.2) is 0 Å². The van der Waals surface area contributed by atoms with Crippen LogP contribution in [0.1, 0.15) is 32.9 Å². The molecular weight excluding hydrogens is 186 g/mol. The van der Waals surface area contributed by atoms with E-state index in [0.29, 0.717) is 6.04 Å². The Bertz CT molecular complexity index is 312. The van der Waals surface area contributed by atoms with Crippen LogP contribution in [0.15, 0.2) is 24.4 Å². The summed E-state index contributed by atoms with van der Waals surface area (Å²) < 4.78 is 2.05. The zero-order chi connectivity index (χ0) is 11.3. The molecule has 3 nitrogen and oxygen atoms in total. The van der Waals surface area contributed by atoms with Crippen LogP contribution in [0.25, 0.3) is 0 Å². The minimum absolute atomic E-state index is 0.509. The Morgan fingerprint density at radius 2 is 2.33 bits per heavy atom. The average Bonchev–Trinajstić information content (AvgIpc) is 2.58. The Labute approximate surface area is 92.2 Å². The zero-order valence-electron chi connectivity index (χ0n) is 9.95. The first-order valence-electron chi connectivity index (χ1n) is 5.48. The number of aromatic nitrogens is 2. The fraction of sp³-hybridized carbons (Fsp3) is 0.583. The summed E-state index contributed by atoms with van der Waals surface area (Å²) >= 11 is 0. The predicted molar refractivity (Wildman–Crippen MR) is 63.6 cm³/mol. The maximum absolute atomic E-state index is 4.30. The van der Waals surface area contributed by atoms with Gasteiger partial charge in [0.1, 0.15) is 0 Å². The quantitative estimate of drug-likeness (QED) is 0.726. The van der Waals surface area contributed by atoms with Gasteiger partial charge in [0.2, 0.25) is 0 Å². The molecule has 0 spiro atoms. The highest BCUT2D eigenvalue weighted by atomic mass is 15.3. The second-order valence-electron chi connectivity index (χ2n) is 4.29. The van der Waals surface area contributed by atoms with Gasteiger partial charge in [-0.15, -0.1) is 6.58 Å². The molecule has 1 aromatic rings. The molecule has 0 bridgehead atoms. The minimum atomic E-state index is 0.509. The van der Waals surface area contributed by atoms with E-state index in [9.17, 15) is 0 Å². The van der Waals surface area contributed by atoms with E-state index in [0.717, 1.165) is 19.5 Å². The lowest BCUT2D eigenvalue weighted by atomic mass is 10.2. The Balaban J connectivity index is 2.49. The fourth-order valence-electron chi connectivity index (χ4n) is 1.32. The molecule has 0 atom stereocenters. The Kier molecular flexibility index (Phi) is 4.56. The van der Waals surface area contributed by atoms with Crippen molar-refractivity contribution in [2.75, 3.05) is 0 Å². The number of nitrogens with one attached hydrogen (secondary N) is 1. The summed E-state index contributed by atoms with van der Waals surface area (Å²) in [7, 11) is 0. The van der Waals surface area contributed by atoms with Gasteiger partial charge in [0.25, 0.3) is 0 Å². The monoisotopic (exact) mass is 207 g/mol. The van der Waals surface area contributed by atoms with Crippen LogP contribution in [0.5, 0.6) is 0 Å². The second-order valence-corrected chi connectivity index (χ2v) is 4.29. The van der Waals surface area contributed by atoms with Gasteiger partial charge in [-0.3, -0.25) is 4.68 Å². The number of hydrogen-bond donors (Lipinski definition) is 1. The van der Waals surface area contributed by atoms with Gasteiger partial charge in [0.15, 0.2) is 0 Å². The van der Waals surface area contributed by atoms with Crippen molar-refractivity contribution in [1.29, 1.82) is 0 Å². The Morgan fingerprint density at radius 3 is 2.93 bits per heavy atom. The van der Waals surface area contributed by atoms with E-state index in [4.69, 9.17) is 0 Å². The van der Waals surface area contributed by atoms with Gasteiger partial charge >= 0.3 is 0 Å². The summed E-state index contributed by atoms with van der Waals surface area (Å²) in [5, 5.41) is 7.69. The molecule has 0 aliphatic carbocycles. The van der Waals surface area contributed by atoms with Crippen molar-refractivity contribution in [3.05, 3.63) is 30.1 Å². The summed E-state index contributed by atoms with van der Waals surface area (Å²) in [5.41, 5.74) is 2.44. The second kappa shape index (κ2) is 5.71. The summed E-state index contributed by atoms with van der Waals surface area (Å²) in [5.74, 6) is 0. The smallest absolute Gasteiger partial charge is 0.0522 e. The van der Waals surface area contributed by atoms with Crippen molar-refractivity contribution < 1.29 is 0 Å². The Hall–Kier alpha value is -1.09. The van der Waals surface area contributed by atoms with Crippen LogP contribution in [-0.2, 0) is 13.1 Å². The number of rotatable bonds is 6. The fourth-order valence-corrected chi connectivity index (χ4v) is 1.32. The van der Waals surface area contributed by atoms with E-state index >= 15 is 0 Å². The van der Waals surface area contributed by atoms with Crippen LogP contribution in [0.4, 0.5) is 0 Å². The maximum atomic E-state index is 4.30. The van der Waals surface area contributed by atoms with Crippen molar-refractivity contribution >= 4 is 0 Å². The number of allylic oxidation sites excluding steroid dienone is 1. The lowest BCUT2D eigenvalue weighted by molar-refractivity contribution is 0.527. The zero-order valence-corrected chi connectivity index (χ0v) is 9.95. The van der Waals surface area contributed by atoms with Gasteiger partial charge in [-0.05, 0) is 19.4 Å². The summed E-state index contributed by atoms with van der Waals surface area (Å²) in [6.07, 6.45) is 2.85. The normalized spacial score (nSPS) is 10.9. The van der Waals surface area contributed by atoms with Crippen LogP contribution in [-0.4, -0.2) is 15.8 Å².